The Bertz CT molecular complexity index is 247. The average Bonchev–Trinajstić information content (AvgIpc) is 2.32. The predicted octanol–water partition coefficient (Wildman–Crippen LogP) is 1.27. The zero-order valence-corrected chi connectivity index (χ0v) is 12.8. The summed E-state index contributed by atoms with van der Waals surface area (Å²) in [6.45, 7) is 5.85. The van der Waals surface area contributed by atoms with Crippen molar-refractivity contribution in [3.05, 3.63) is 0 Å². The minimum Gasteiger partial charge on any atom is -0.363 e. The van der Waals surface area contributed by atoms with Crippen LogP contribution in [0.2, 0.25) is 0 Å². The van der Waals surface area contributed by atoms with Crippen LogP contribution in [0.1, 0.15) is 39.5 Å². The molecule has 0 unspecified atom stereocenters. The molecule has 0 aromatic carbocycles. The first-order valence-corrected chi connectivity index (χ1v) is 7.56. The molecule has 0 atom stereocenters. The molecule has 4 nitrogen and oxygen atoms in total. The Balaban J connectivity index is 2.20. The second kappa shape index (κ2) is 8.48. The van der Waals surface area contributed by atoms with E-state index in [1.807, 2.05) is 0 Å². The molecule has 0 aromatic rings. The van der Waals surface area contributed by atoms with Gasteiger partial charge in [0.25, 0.3) is 0 Å². The van der Waals surface area contributed by atoms with E-state index in [0.717, 1.165) is 49.0 Å². The quantitative estimate of drug-likeness (QED) is 0.585. The van der Waals surface area contributed by atoms with Crippen molar-refractivity contribution in [3.8, 4) is 0 Å². The normalized spacial score (nSPS) is 23.0. The highest BCUT2D eigenvalue weighted by Crippen LogP contribution is 2.18. The van der Waals surface area contributed by atoms with Crippen LogP contribution in [0, 0.1) is 0 Å². The monoisotopic (exact) mass is 288 g/mol. The molecule has 1 aliphatic carbocycles. The molecule has 0 amide bonds. The highest BCUT2D eigenvalue weighted by atomic mass is 32.1. The van der Waals surface area contributed by atoms with Crippen molar-refractivity contribution in [1.82, 2.24) is 21.3 Å². The van der Waals surface area contributed by atoms with Crippen LogP contribution in [-0.4, -0.2) is 35.4 Å². The van der Waals surface area contributed by atoms with E-state index in [-0.39, 0.29) is 0 Å². The number of hydrogen-bond acceptors (Lipinski definition) is 2. The summed E-state index contributed by atoms with van der Waals surface area (Å²) in [6, 6.07) is 1.00. The molecule has 1 saturated carbocycles. The molecule has 1 aliphatic rings. The maximum absolute atomic E-state index is 5.20. The van der Waals surface area contributed by atoms with Crippen molar-refractivity contribution >= 4 is 34.7 Å². The van der Waals surface area contributed by atoms with Crippen molar-refractivity contribution in [2.24, 2.45) is 0 Å². The van der Waals surface area contributed by atoms with Gasteiger partial charge in [0.2, 0.25) is 0 Å². The molecule has 0 heterocycles. The number of hydrogen-bond donors (Lipinski definition) is 4. The highest BCUT2D eigenvalue weighted by molar-refractivity contribution is 7.80. The van der Waals surface area contributed by atoms with Gasteiger partial charge in [0.05, 0.1) is 0 Å². The van der Waals surface area contributed by atoms with Gasteiger partial charge in [-0.25, -0.2) is 0 Å². The summed E-state index contributed by atoms with van der Waals surface area (Å²) in [7, 11) is 0. The average molecular weight is 288 g/mol. The van der Waals surface area contributed by atoms with Gasteiger partial charge in [0.15, 0.2) is 10.2 Å². The fourth-order valence-electron chi connectivity index (χ4n) is 2.18. The standard InChI is InChI=1S/C12H24N4S2/c1-3-13-11(17)15-9-5-7-10(8-6-9)16-12(18)14-4-2/h9-10H,3-8H2,1-2H3,(H2,13,15,17)(H2,14,16,18). The van der Waals surface area contributed by atoms with Gasteiger partial charge in [-0.15, -0.1) is 0 Å². The minimum atomic E-state index is 0.502. The second-order valence-corrected chi connectivity index (χ2v) is 5.37. The number of thiocarbonyl (C=S) groups is 2. The van der Waals surface area contributed by atoms with Crippen LogP contribution in [0.3, 0.4) is 0 Å². The van der Waals surface area contributed by atoms with Crippen LogP contribution in [0.4, 0.5) is 0 Å². The van der Waals surface area contributed by atoms with E-state index < -0.39 is 0 Å². The molecule has 104 valence electrons. The van der Waals surface area contributed by atoms with Crippen molar-refractivity contribution in [2.45, 2.75) is 51.6 Å². The van der Waals surface area contributed by atoms with E-state index in [2.05, 4.69) is 35.1 Å². The lowest BCUT2D eigenvalue weighted by Crippen LogP contribution is -2.48. The third-order valence-corrected chi connectivity index (χ3v) is 3.60. The molecule has 0 spiro atoms. The van der Waals surface area contributed by atoms with Gasteiger partial charge in [-0.2, -0.15) is 0 Å². The van der Waals surface area contributed by atoms with E-state index >= 15 is 0 Å². The van der Waals surface area contributed by atoms with Gasteiger partial charge in [-0.3, -0.25) is 0 Å². The van der Waals surface area contributed by atoms with Crippen LogP contribution in [0.25, 0.3) is 0 Å². The molecule has 0 aliphatic heterocycles. The molecule has 18 heavy (non-hydrogen) atoms. The maximum atomic E-state index is 5.20. The maximum Gasteiger partial charge on any atom is 0.166 e. The van der Waals surface area contributed by atoms with E-state index in [1.54, 1.807) is 0 Å². The topological polar surface area (TPSA) is 48.1 Å². The van der Waals surface area contributed by atoms with Gasteiger partial charge in [0, 0.05) is 25.2 Å². The van der Waals surface area contributed by atoms with Gasteiger partial charge >= 0.3 is 0 Å². The lowest BCUT2D eigenvalue weighted by Gasteiger charge is -2.31. The van der Waals surface area contributed by atoms with E-state index in [0.29, 0.717) is 12.1 Å². The van der Waals surface area contributed by atoms with Crippen molar-refractivity contribution in [2.75, 3.05) is 13.1 Å². The van der Waals surface area contributed by atoms with Crippen LogP contribution in [-0.2, 0) is 0 Å². The largest absolute Gasteiger partial charge is 0.363 e. The fourth-order valence-corrected chi connectivity index (χ4v) is 2.80. The Kier molecular flexibility index (Phi) is 7.27. The first-order valence-electron chi connectivity index (χ1n) is 6.74. The van der Waals surface area contributed by atoms with Crippen molar-refractivity contribution in [1.29, 1.82) is 0 Å². The predicted molar refractivity (Wildman–Crippen MR) is 84.9 cm³/mol. The SMILES string of the molecule is CCNC(=S)NC1CCC(NC(=S)NCC)CC1. The molecule has 1 fully saturated rings. The van der Waals surface area contributed by atoms with Gasteiger partial charge in [0.1, 0.15) is 0 Å². The Labute approximate surface area is 121 Å². The minimum absolute atomic E-state index is 0.502. The lowest BCUT2D eigenvalue weighted by molar-refractivity contribution is 0.353. The smallest absolute Gasteiger partial charge is 0.166 e. The Morgan fingerprint density at radius 2 is 1.17 bits per heavy atom. The van der Waals surface area contributed by atoms with E-state index in [9.17, 15) is 0 Å². The zero-order valence-electron chi connectivity index (χ0n) is 11.2. The zero-order chi connectivity index (χ0) is 13.4. The number of rotatable bonds is 4. The summed E-state index contributed by atoms with van der Waals surface area (Å²) in [5, 5.41) is 14.5. The van der Waals surface area contributed by atoms with Crippen LogP contribution in [0.15, 0.2) is 0 Å². The van der Waals surface area contributed by atoms with Crippen LogP contribution >= 0.6 is 24.4 Å². The molecule has 1 rings (SSSR count). The summed E-state index contributed by atoms with van der Waals surface area (Å²) >= 11 is 10.4. The molecular formula is C12H24N4S2. The number of nitrogens with one attached hydrogen (secondary N) is 4. The summed E-state index contributed by atoms with van der Waals surface area (Å²) < 4.78 is 0. The highest BCUT2D eigenvalue weighted by Gasteiger charge is 2.21. The molecule has 6 heteroatoms. The molecular weight excluding hydrogens is 264 g/mol. The van der Waals surface area contributed by atoms with E-state index in [1.165, 1.54) is 0 Å². The molecule has 0 aromatic heterocycles. The summed E-state index contributed by atoms with van der Waals surface area (Å²) in [6.07, 6.45) is 4.55. The van der Waals surface area contributed by atoms with Crippen molar-refractivity contribution < 1.29 is 0 Å². The van der Waals surface area contributed by atoms with Crippen molar-refractivity contribution in [3.63, 3.8) is 0 Å². The fraction of sp³-hybridized carbons (Fsp3) is 0.833. The van der Waals surface area contributed by atoms with Gasteiger partial charge in [-0.05, 0) is 64.0 Å². The third-order valence-electron chi connectivity index (χ3n) is 3.07. The first kappa shape index (κ1) is 15.4. The second-order valence-electron chi connectivity index (χ2n) is 4.56. The Hall–Kier alpha value is -0.620. The van der Waals surface area contributed by atoms with Gasteiger partial charge in [-0.1, -0.05) is 0 Å². The summed E-state index contributed by atoms with van der Waals surface area (Å²) in [5.41, 5.74) is 0. The summed E-state index contributed by atoms with van der Waals surface area (Å²) in [5.74, 6) is 0. The Morgan fingerprint density at radius 1 is 0.833 bits per heavy atom. The molecule has 0 radical (unpaired) electrons. The molecule has 4 N–H and O–H groups in total. The van der Waals surface area contributed by atoms with E-state index in [4.69, 9.17) is 24.4 Å². The third kappa shape index (κ3) is 5.82. The lowest BCUT2D eigenvalue weighted by atomic mass is 9.91. The Morgan fingerprint density at radius 3 is 1.44 bits per heavy atom. The van der Waals surface area contributed by atoms with Crippen LogP contribution < -0.4 is 21.3 Å². The molecule has 0 bridgehead atoms. The summed E-state index contributed by atoms with van der Waals surface area (Å²) in [4.78, 5) is 0. The first-order chi connectivity index (χ1) is 8.65. The van der Waals surface area contributed by atoms with Gasteiger partial charge < -0.3 is 21.3 Å². The van der Waals surface area contributed by atoms with Crippen LogP contribution in [0.5, 0.6) is 0 Å². The molecule has 0 saturated heterocycles.